The summed E-state index contributed by atoms with van der Waals surface area (Å²) in [5, 5.41) is 0. The second kappa shape index (κ2) is 5.25. The number of hydrogen-bond acceptors (Lipinski definition) is 5. The van der Waals surface area contributed by atoms with E-state index in [0.717, 1.165) is 6.92 Å². The summed E-state index contributed by atoms with van der Waals surface area (Å²) < 4.78 is 28.3. The Labute approximate surface area is 92.8 Å². The quantitative estimate of drug-likeness (QED) is 0.680. The minimum Gasteiger partial charge on any atom is -0.456 e. The van der Waals surface area contributed by atoms with E-state index in [2.05, 4.69) is 4.74 Å². The third-order valence-corrected chi connectivity index (χ3v) is 2.24. The molecule has 0 aliphatic carbocycles. The molecule has 6 heteroatoms. The third kappa shape index (κ3) is 2.91. The van der Waals surface area contributed by atoms with Crippen molar-refractivity contribution in [2.45, 2.75) is 51.9 Å². The van der Waals surface area contributed by atoms with Crippen molar-refractivity contribution in [3.63, 3.8) is 0 Å². The van der Waals surface area contributed by atoms with E-state index in [9.17, 15) is 14.0 Å². The fourth-order valence-corrected chi connectivity index (χ4v) is 1.60. The molecule has 1 rings (SSSR count). The molecule has 0 aromatic carbocycles. The van der Waals surface area contributed by atoms with Gasteiger partial charge in [-0.2, -0.15) is 0 Å². The fraction of sp³-hybridized carbons (Fsp3) is 0.800. The lowest BCUT2D eigenvalue weighted by molar-refractivity contribution is -0.180. The summed E-state index contributed by atoms with van der Waals surface area (Å²) in [5.74, 6) is -1.22. The smallest absolute Gasteiger partial charge is 0.305 e. The van der Waals surface area contributed by atoms with Gasteiger partial charge in [-0.15, -0.1) is 0 Å². The van der Waals surface area contributed by atoms with Crippen molar-refractivity contribution < 1.29 is 28.2 Å². The molecule has 16 heavy (non-hydrogen) atoms. The first kappa shape index (κ1) is 12.9. The standard InChI is InChI=1S/C10H15FO5/c1-4-7-9(14-5(2)12)8(11)10(16-7)15-6(3)13/h7-10H,4H2,1-3H3/t7-,8?,9+,10?/m1/s1. The average Bonchev–Trinajstić information content (AvgIpc) is 2.44. The van der Waals surface area contributed by atoms with Gasteiger partial charge in [0.25, 0.3) is 0 Å². The number of alkyl halides is 1. The molecule has 0 bridgehead atoms. The third-order valence-electron chi connectivity index (χ3n) is 2.24. The van der Waals surface area contributed by atoms with Crippen LogP contribution in [-0.2, 0) is 23.8 Å². The van der Waals surface area contributed by atoms with Crippen molar-refractivity contribution >= 4 is 11.9 Å². The van der Waals surface area contributed by atoms with Gasteiger partial charge in [-0.1, -0.05) is 6.92 Å². The number of rotatable bonds is 3. The van der Waals surface area contributed by atoms with E-state index in [1.54, 1.807) is 6.92 Å². The first-order chi connectivity index (χ1) is 7.45. The SMILES string of the molecule is CC[C@H]1OC(OC(C)=O)C(F)[C@H]1OC(C)=O. The number of halogens is 1. The molecule has 0 saturated carbocycles. The Kier molecular flexibility index (Phi) is 4.23. The van der Waals surface area contributed by atoms with Crippen LogP contribution in [-0.4, -0.2) is 36.6 Å². The lowest BCUT2D eigenvalue weighted by Gasteiger charge is -2.16. The summed E-state index contributed by atoms with van der Waals surface area (Å²) >= 11 is 0. The maximum atomic E-state index is 13.7. The first-order valence-corrected chi connectivity index (χ1v) is 5.09. The van der Waals surface area contributed by atoms with Crippen molar-refractivity contribution in [1.29, 1.82) is 0 Å². The van der Waals surface area contributed by atoms with E-state index in [0.29, 0.717) is 6.42 Å². The van der Waals surface area contributed by atoms with Crippen molar-refractivity contribution in [3.05, 3.63) is 0 Å². The molecule has 1 saturated heterocycles. The summed E-state index contributed by atoms with van der Waals surface area (Å²) in [5.41, 5.74) is 0. The molecule has 0 aromatic heterocycles. The Morgan fingerprint density at radius 2 is 1.81 bits per heavy atom. The normalized spacial score (nSPS) is 33.5. The molecule has 0 radical (unpaired) electrons. The Bertz CT molecular complexity index is 280. The zero-order valence-corrected chi connectivity index (χ0v) is 9.44. The Balaban J connectivity index is 2.68. The molecule has 0 aromatic rings. The van der Waals surface area contributed by atoms with Crippen LogP contribution in [0.2, 0.25) is 0 Å². The second-order valence-electron chi connectivity index (χ2n) is 3.58. The molecule has 2 unspecified atom stereocenters. The van der Waals surface area contributed by atoms with Crippen LogP contribution in [0.15, 0.2) is 0 Å². The number of ether oxygens (including phenoxy) is 3. The van der Waals surface area contributed by atoms with Crippen molar-refractivity contribution in [3.8, 4) is 0 Å². The van der Waals surface area contributed by atoms with E-state index < -0.39 is 36.6 Å². The van der Waals surface area contributed by atoms with Gasteiger partial charge in [0.1, 0.15) is 6.10 Å². The van der Waals surface area contributed by atoms with Crippen molar-refractivity contribution in [2.24, 2.45) is 0 Å². The maximum Gasteiger partial charge on any atom is 0.305 e. The highest BCUT2D eigenvalue weighted by Gasteiger charge is 2.48. The highest BCUT2D eigenvalue weighted by atomic mass is 19.1. The van der Waals surface area contributed by atoms with E-state index in [4.69, 9.17) is 9.47 Å². The highest BCUT2D eigenvalue weighted by molar-refractivity contribution is 5.67. The molecule has 1 fully saturated rings. The zero-order valence-electron chi connectivity index (χ0n) is 9.44. The van der Waals surface area contributed by atoms with Crippen LogP contribution >= 0.6 is 0 Å². The summed E-state index contributed by atoms with van der Waals surface area (Å²) in [7, 11) is 0. The van der Waals surface area contributed by atoms with Gasteiger partial charge in [-0.3, -0.25) is 9.59 Å². The van der Waals surface area contributed by atoms with E-state index >= 15 is 0 Å². The van der Waals surface area contributed by atoms with Crippen LogP contribution in [0.1, 0.15) is 27.2 Å². The largest absolute Gasteiger partial charge is 0.456 e. The monoisotopic (exact) mass is 234 g/mol. The Morgan fingerprint density at radius 1 is 1.25 bits per heavy atom. The summed E-state index contributed by atoms with van der Waals surface area (Å²) in [4.78, 5) is 21.5. The van der Waals surface area contributed by atoms with E-state index in [1.807, 2.05) is 0 Å². The van der Waals surface area contributed by atoms with E-state index in [1.165, 1.54) is 6.92 Å². The molecule has 5 nitrogen and oxygen atoms in total. The molecule has 1 aliphatic rings. The summed E-state index contributed by atoms with van der Waals surface area (Å²) in [6, 6.07) is 0. The van der Waals surface area contributed by atoms with Gasteiger partial charge in [0.2, 0.25) is 12.5 Å². The van der Waals surface area contributed by atoms with Crippen LogP contribution < -0.4 is 0 Å². The number of carbonyl (C=O) groups excluding carboxylic acids is 2. The number of esters is 2. The van der Waals surface area contributed by atoms with Gasteiger partial charge in [0.15, 0.2) is 6.10 Å². The van der Waals surface area contributed by atoms with E-state index in [-0.39, 0.29) is 0 Å². The number of carbonyl (C=O) groups is 2. The highest BCUT2D eigenvalue weighted by Crippen LogP contribution is 2.29. The topological polar surface area (TPSA) is 61.8 Å². The minimum absolute atomic E-state index is 0.468. The second-order valence-corrected chi connectivity index (χ2v) is 3.58. The van der Waals surface area contributed by atoms with Crippen molar-refractivity contribution in [2.75, 3.05) is 0 Å². The van der Waals surface area contributed by atoms with Gasteiger partial charge in [-0.25, -0.2) is 4.39 Å². The molecule has 0 N–H and O–H groups in total. The van der Waals surface area contributed by atoms with Gasteiger partial charge < -0.3 is 14.2 Å². The molecule has 4 atom stereocenters. The molecule has 1 aliphatic heterocycles. The Morgan fingerprint density at radius 3 is 2.25 bits per heavy atom. The molecule has 0 spiro atoms. The lowest BCUT2D eigenvalue weighted by Crippen LogP contribution is -2.34. The molecular formula is C10H15FO5. The van der Waals surface area contributed by atoms with Gasteiger partial charge in [0.05, 0.1) is 0 Å². The van der Waals surface area contributed by atoms with Gasteiger partial charge >= 0.3 is 11.9 Å². The average molecular weight is 234 g/mol. The van der Waals surface area contributed by atoms with Crippen LogP contribution in [0, 0.1) is 0 Å². The van der Waals surface area contributed by atoms with Gasteiger partial charge in [0, 0.05) is 13.8 Å². The van der Waals surface area contributed by atoms with Gasteiger partial charge in [-0.05, 0) is 6.42 Å². The predicted molar refractivity (Wildman–Crippen MR) is 51.2 cm³/mol. The number of hydrogen-bond donors (Lipinski definition) is 0. The van der Waals surface area contributed by atoms with Crippen LogP contribution in [0.4, 0.5) is 4.39 Å². The molecule has 92 valence electrons. The van der Waals surface area contributed by atoms with Crippen molar-refractivity contribution in [1.82, 2.24) is 0 Å². The first-order valence-electron chi connectivity index (χ1n) is 5.09. The van der Waals surface area contributed by atoms with Crippen LogP contribution in [0.25, 0.3) is 0 Å². The molecule has 0 amide bonds. The summed E-state index contributed by atoms with van der Waals surface area (Å²) in [6.45, 7) is 4.12. The molecular weight excluding hydrogens is 219 g/mol. The predicted octanol–water partition coefficient (Wildman–Crippen LogP) is 0.954. The summed E-state index contributed by atoms with van der Waals surface area (Å²) in [6.07, 6.45) is -4.05. The van der Waals surface area contributed by atoms with Crippen LogP contribution in [0.5, 0.6) is 0 Å². The fourth-order valence-electron chi connectivity index (χ4n) is 1.60. The molecule has 1 heterocycles. The van der Waals surface area contributed by atoms with Crippen LogP contribution in [0.3, 0.4) is 0 Å². The minimum atomic E-state index is -1.64. The lowest BCUT2D eigenvalue weighted by atomic mass is 10.1. The zero-order chi connectivity index (χ0) is 12.3. The maximum absolute atomic E-state index is 13.7. The Hall–Kier alpha value is -1.17.